The summed E-state index contributed by atoms with van der Waals surface area (Å²) in [5.41, 5.74) is 8.25. The molecule has 1 saturated heterocycles. The minimum atomic E-state index is 0.497. The minimum absolute atomic E-state index is 0.497. The third kappa shape index (κ3) is 1.83. The molecular weight excluding hydrogens is 212 g/mol. The van der Waals surface area contributed by atoms with Gasteiger partial charge in [-0.25, -0.2) is 0 Å². The number of H-pyrrole nitrogens is 1. The van der Waals surface area contributed by atoms with Gasteiger partial charge in [-0.2, -0.15) is 5.10 Å². The van der Waals surface area contributed by atoms with Crippen LogP contribution in [0.4, 0.5) is 0 Å². The number of aromatic nitrogens is 2. The van der Waals surface area contributed by atoms with E-state index in [1.165, 1.54) is 10.9 Å². The second kappa shape index (κ2) is 4.13. The number of rotatable bonds is 2. The number of nitrogens with one attached hydrogen (secondary N) is 1. The summed E-state index contributed by atoms with van der Waals surface area (Å²) < 4.78 is 0. The zero-order valence-electron chi connectivity index (χ0n) is 10.1. The largest absolute Gasteiger partial charge is 0.330 e. The van der Waals surface area contributed by atoms with Gasteiger partial charge in [-0.05, 0) is 37.6 Å². The SMILES string of the molecule is CN1CC(CN)CC1c1ccc2cn[nH]c2c1. The Morgan fingerprint density at radius 2 is 2.41 bits per heavy atom. The predicted molar refractivity (Wildman–Crippen MR) is 68.6 cm³/mol. The van der Waals surface area contributed by atoms with E-state index in [2.05, 4.69) is 40.3 Å². The lowest BCUT2D eigenvalue weighted by Gasteiger charge is -2.19. The normalized spacial score (nSPS) is 25.8. The van der Waals surface area contributed by atoms with Gasteiger partial charge in [-0.15, -0.1) is 0 Å². The van der Waals surface area contributed by atoms with Crippen molar-refractivity contribution < 1.29 is 0 Å². The second-order valence-corrected chi connectivity index (χ2v) is 5.01. The number of hydrogen-bond donors (Lipinski definition) is 2. The maximum Gasteiger partial charge on any atom is 0.0653 e. The smallest absolute Gasteiger partial charge is 0.0653 e. The van der Waals surface area contributed by atoms with Crippen molar-refractivity contribution in [2.45, 2.75) is 12.5 Å². The van der Waals surface area contributed by atoms with Crippen molar-refractivity contribution in [1.29, 1.82) is 0 Å². The van der Waals surface area contributed by atoms with Crippen LogP contribution in [-0.2, 0) is 0 Å². The summed E-state index contributed by atoms with van der Waals surface area (Å²) in [6, 6.07) is 7.05. The Balaban J connectivity index is 1.92. The summed E-state index contributed by atoms with van der Waals surface area (Å²) in [5.74, 6) is 0.627. The van der Waals surface area contributed by atoms with E-state index in [-0.39, 0.29) is 0 Å². The zero-order valence-corrected chi connectivity index (χ0v) is 10.1. The molecular formula is C13H18N4. The maximum atomic E-state index is 5.77. The van der Waals surface area contributed by atoms with E-state index in [0.717, 1.165) is 25.0 Å². The Morgan fingerprint density at radius 1 is 1.53 bits per heavy atom. The molecule has 1 aromatic carbocycles. The minimum Gasteiger partial charge on any atom is -0.330 e. The number of aromatic amines is 1. The van der Waals surface area contributed by atoms with Gasteiger partial charge in [-0.1, -0.05) is 12.1 Å². The summed E-state index contributed by atoms with van der Waals surface area (Å²) in [7, 11) is 2.18. The molecule has 2 aromatic rings. The zero-order chi connectivity index (χ0) is 11.8. The van der Waals surface area contributed by atoms with E-state index in [1.807, 2.05) is 6.20 Å². The Kier molecular flexibility index (Phi) is 2.61. The van der Waals surface area contributed by atoms with Crippen molar-refractivity contribution in [3.05, 3.63) is 30.0 Å². The lowest BCUT2D eigenvalue weighted by molar-refractivity contribution is 0.314. The Morgan fingerprint density at radius 3 is 3.18 bits per heavy atom. The van der Waals surface area contributed by atoms with Gasteiger partial charge < -0.3 is 5.73 Å². The van der Waals surface area contributed by atoms with Crippen LogP contribution in [0, 0.1) is 5.92 Å². The molecule has 4 nitrogen and oxygen atoms in total. The molecule has 90 valence electrons. The highest BCUT2D eigenvalue weighted by Crippen LogP contribution is 2.34. The number of fused-ring (bicyclic) bond motifs is 1. The number of nitrogens with two attached hydrogens (primary N) is 1. The molecule has 17 heavy (non-hydrogen) atoms. The highest BCUT2D eigenvalue weighted by atomic mass is 15.2. The molecule has 4 heteroatoms. The van der Waals surface area contributed by atoms with Crippen LogP contribution in [0.5, 0.6) is 0 Å². The highest BCUT2D eigenvalue weighted by molar-refractivity contribution is 5.78. The van der Waals surface area contributed by atoms with E-state index in [4.69, 9.17) is 5.73 Å². The predicted octanol–water partition coefficient (Wildman–Crippen LogP) is 1.51. The molecule has 1 fully saturated rings. The molecule has 1 aliphatic rings. The highest BCUT2D eigenvalue weighted by Gasteiger charge is 2.29. The van der Waals surface area contributed by atoms with Gasteiger partial charge >= 0.3 is 0 Å². The van der Waals surface area contributed by atoms with Gasteiger partial charge in [0, 0.05) is 18.0 Å². The summed E-state index contributed by atoms with van der Waals surface area (Å²) in [6.07, 6.45) is 3.02. The quantitative estimate of drug-likeness (QED) is 0.822. The number of nitrogens with zero attached hydrogens (tertiary/aromatic N) is 2. The lowest BCUT2D eigenvalue weighted by atomic mass is 9.99. The first-order chi connectivity index (χ1) is 8.28. The second-order valence-electron chi connectivity index (χ2n) is 5.01. The van der Waals surface area contributed by atoms with Crippen LogP contribution in [0.3, 0.4) is 0 Å². The van der Waals surface area contributed by atoms with Crippen LogP contribution >= 0.6 is 0 Å². The molecule has 0 radical (unpaired) electrons. The van der Waals surface area contributed by atoms with Crippen LogP contribution in [-0.4, -0.2) is 35.2 Å². The van der Waals surface area contributed by atoms with E-state index < -0.39 is 0 Å². The molecule has 1 aromatic heterocycles. The first kappa shape index (κ1) is 10.7. The summed E-state index contributed by atoms with van der Waals surface area (Å²) >= 11 is 0. The van der Waals surface area contributed by atoms with Gasteiger partial charge in [0.1, 0.15) is 0 Å². The molecule has 2 unspecified atom stereocenters. The fourth-order valence-electron chi connectivity index (χ4n) is 2.83. The average Bonchev–Trinajstić information content (AvgIpc) is 2.93. The third-order valence-electron chi connectivity index (χ3n) is 3.82. The third-order valence-corrected chi connectivity index (χ3v) is 3.82. The Bertz CT molecular complexity index is 519. The molecule has 0 spiro atoms. The fourth-order valence-corrected chi connectivity index (χ4v) is 2.83. The molecule has 0 bridgehead atoms. The van der Waals surface area contributed by atoms with Gasteiger partial charge in [0.25, 0.3) is 0 Å². The number of benzene rings is 1. The monoisotopic (exact) mass is 230 g/mol. The first-order valence-electron chi connectivity index (χ1n) is 6.11. The Labute approximate surface area is 101 Å². The molecule has 0 amide bonds. The Hall–Kier alpha value is -1.39. The molecule has 3 N–H and O–H groups in total. The fraction of sp³-hybridized carbons (Fsp3) is 0.462. The first-order valence-corrected chi connectivity index (χ1v) is 6.11. The van der Waals surface area contributed by atoms with Gasteiger partial charge in [-0.3, -0.25) is 10.00 Å². The van der Waals surface area contributed by atoms with Crippen molar-refractivity contribution in [1.82, 2.24) is 15.1 Å². The van der Waals surface area contributed by atoms with Crippen molar-refractivity contribution in [3.63, 3.8) is 0 Å². The van der Waals surface area contributed by atoms with Crippen molar-refractivity contribution >= 4 is 10.9 Å². The molecule has 2 atom stereocenters. The van der Waals surface area contributed by atoms with Crippen LogP contribution in [0.2, 0.25) is 0 Å². The van der Waals surface area contributed by atoms with Crippen LogP contribution < -0.4 is 5.73 Å². The number of hydrogen-bond acceptors (Lipinski definition) is 3. The van der Waals surface area contributed by atoms with Crippen LogP contribution in [0.1, 0.15) is 18.0 Å². The van der Waals surface area contributed by atoms with Crippen LogP contribution in [0.25, 0.3) is 10.9 Å². The number of likely N-dealkylation sites (tertiary alicyclic amines) is 1. The summed E-state index contributed by atoms with van der Waals surface area (Å²) in [6.45, 7) is 1.88. The molecule has 2 heterocycles. The van der Waals surface area contributed by atoms with Gasteiger partial charge in [0.05, 0.1) is 11.7 Å². The van der Waals surface area contributed by atoms with E-state index >= 15 is 0 Å². The van der Waals surface area contributed by atoms with Crippen molar-refractivity contribution in [3.8, 4) is 0 Å². The average molecular weight is 230 g/mol. The van der Waals surface area contributed by atoms with Crippen LogP contribution in [0.15, 0.2) is 24.4 Å². The van der Waals surface area contributed by atoms with E-state index in [9.17, 15) is 0 Å². The lowest BCUT2D eigenvalue weighted by Crippen LogP contribution is -2.20. The summed E-state index contributed by atoms with van der Waals surface area (Å²) in [4.78, 5) is 2.40. The topological polar surface area (TPSA) is 57.9 Å². The summed E-state index contributed by atoms with van der Waals surface area (Å²) in [5, 5.41) is 8.26. The maximum absolute atomic E-state index is 5.77. The molecule has 0 saturated carbocycles. The standard InChI is InChI=1S/C13H18N4/c1-17-8-9(6-14)4-13(17)10-2-3-11-7-15-16-12(11)5-10/h2-3,5,7,9,13H,4,6,8,14H2,1H3,(H,15,16). The van der Waals surface area contributed by atoms with E-state index in [1.54, 1.807) is 0 Å². The molecule has 3 rings (SSSR count). The molecule has 1 aliphatic heterocycles. The van der Waals surface area contributed by atoms with E-state index in [0.29, 0.717) is 12.0 Å². The molecule has 0 aliphatic carbocycles. The van der Waals surface area contributed by atoms with Crippen molar-refractivity contribution in [2.24, 2.45) is 11.7 Å². The van der Waals surface area contributed by atoms with Gasteiger partial charge in [0.15, 0.2) is 0 Å². The van der Waals surface area contributed by atoms with Gasteiger partial charge in [0.2, 0.25) is 0 Å². The van der Waals surface area contributed by atoms with Crippen molar-refractivity contribution in [2.75, 3.05) is 20.1 Å².